The van der Waals surface area contributed by atoms with Crippen molar-refractivity contribution >= 4 is 17.5 Å². The lowest BCUT2D eigenvalue weighted by Gasteiger charge is -2.29. The van der Waals surface area contributed by atoms with Crippen LogP contribution >= 0.6 is 0 Å². The number of hydrogen-bond acceptors (Lipinski definition) is 7. The summed E-state index contributed by atoms with van der Waals surface area (Å²) in [7, 11) is 0. The van der Waals surface area contributed by atoms with Crippen LogP contribution in [0.15, 0.2) is 24.5 Å². The lowest BCUT2D eigenvalue weighted by atomic mass is 10.0. The number of aromatic nitrogens is 5. The third kappa shape index (κ3) is 3.63. The molecule has 0 spiro atoms. The Labute approximate surface area is 180 Å². The molecule has 162 valence electrons. The minimum Gasteiger partial charge on any atom is -0.368 e. The quantitative estimate of drug-likeness (QED) is 0.510. The lowest BCUT2D eigenvalue weighted by molar-refractivity contribution is 0.236. The summed E-state index contributed by atoms with van der Waals surface area (Å²) in [5.74, 6) is 1.30. The molecule has 0 bridgehead atoms. The Balaban J connectivity index is 1.41. The van der Waals surface area contributed by atoms with Crippen LogP contribution in [0.25, 0.3) is 11.3 Å². The van der Waals surface area contributed by atoms with E-state index in [1.54, 1.807) is 0 Å². The second kappa shape index (κ2) is 7.88. The molecule has 0 amide bonds. The van der Waals surface area contributed by atoms with Crippen LogP contribution in [-0.2, 0) is 6.42 Å². The SMILES string of the molecule is CC(C)c1c2c(nn1C(C)F)Cc1cnc(Nc3ccc(N4CCNCC4)cn3)nc1-2. The van der Waals surface area contributed by atoms with Crippen molar-refractivity contribution in [2.45, 2.75) is 39.4 Å². The van der Waals surface area contributed by atoms with Crippen molar-refractivity contribution in [1.82, 2.24) is 30.0 Å². The highest BCUT2D eigenvalue weighted by Crippen LogP contribution is 2.41. The number of piperazine rings is 1. The zero-order valence-electron chi connectivity index (χ0n) is 18.1. The highest BCUT2D eigenvalue weighted by Gasteiger charge is 2.31. The Kier molecular flexibility index (Phi) is 5.05. The van der Waals surface area contributed by atoms with E-state index in [9.17, 15) is 4.39 Å². The number of pyridine rings is 1. The maximum absolute atomic E-state index is 14.2. The molecule has 31 heavy (non-hydrogen) atoms. The molecule has 5 rings (SSSR count). The van der Waals surface area contributed by atoms with Crippen LogP contribution in [-0.4, -0.2) is 50.9 Å². The molecule has 0 aromatic carbocycles. The molecule has 4 heterocycles. The van der Waals surface area contributed by atoms with E-state index in [4.69, 9.17) is 4.98 Å². The average Bonchev–Trinajstić information content (AvgIpc) is 3.31. The van der Waals surface area contributed by atoms with Crippen LogP contribution in [0.3, 0.4) is 0 Å². The Morgan fingerprint density at radius 1 is 1.10 bits per heavy atom. The fourth-order valence-electron chi connectivity index (χ4n) is 4.38. The van der Waals surface area contributed by atoms with Gasteiger partial charge in [-0.2, -0.15) is 5.10 Å². The van der Waals surface area contributed by atoms with Gasteiger partial charge in [-0.05, 0) is 25.0 Å². The molecule has 9 heteroatoms. The molecule has 3 aromatic rings. The number of anilines is 3. The van der Waals surface area contributed by atoms with Gasteiger partial charge < -0.3 is 15.5 Å². The molecule has 1 unspecified atom stereocenters. The van der Waals surface area contributed by atoms with Crippen molar-refractivity contribution in [3.63, 3.8) is 0 Å². The van der Waals surface area contributed by atoms with E-state index in [0.717, 1.165) is 60.1 Å². The number of fused-ring (bicyclic) bond motifs is 3. The first-order valence-corrected chi connectivity index (χ1v) is 10.8. The molecule has 2 N–H and O–H groups in total. The summed E-state index contributed by atoms with van der Waals surface area (Å²) in [4.78, 5) is 16.1. The molecule has 3 aromatic heterocycles. The van der Waals surface area contributed by atoms with Crippen LogP contribution < -0.4 is 15.5 Å². The van der Waals surface area contributed by atoms with Gasteiger partial charge in [0, 0.05) is 49.9 Å². The van der Waals surface area contributed by atoms with Gasteiger partial charge in [-0.1, -0.05) is 13.8 Å². The average molecular weight is 423 g/mol. The van der Waals surface area contributed by atoms with E-state index >= 15 is 0 Å². The van der Waals surface area contributed by atoms with Gasteiger partial charge in [-0.3, -0.25) is 0 Å². The maximum atomic E-state index is 14.2. The van der Waals surface area contributed by atoms with Crippen LogP contribution in [0.1, 0.15) is 49.9 Å². The van der Waals surface area contributed by atoms with E-state index in [2.05, 4.69) is 50.5 Å². The van der Waals surface area contributed by atoms with Gasteiger partial charge >= 0.3 is 0 Å². The molecule has 1 atom stereocenters. The molecule has 1 aliphatic heterocycles. The number of hydrogen-bond donors (Lipinski definition) is 2. The van der Waals surface area contributed by atoms with Gasteiger partial charge in [0.15, 0.2) is 6.30 Å². The van der Waals surface area contributed by atoms with E-state index in [1.807, 2.05) is 18.5 Å². The van der Waals surface area contributed by atoms with E-state index < -0.39 is 6.30 Å². The fourth-order valence-corrected chi connectivity index (χ4v) is 4.38. The first-order chi connectivity index (χ1) is 15.0. The zero-order chi connectivity index (χ0) is 21.5. The molecular weight excluding hydrogens is 395 g/mol. The summed E-state index contributed by atoms with van der Waals surface area (Å²) in [5.41, 5.74) is 5.66. The third-order valence-corrected chi connectivity index (χ3v) is 5.83. The minimum atomic E-state index is -1.18. The second-order valence-corrected chi connectivity index (χ2v) is 8.39. The van der Waals surface area contributed by atoms with Crippen LogP contribution in [0.2, 0.25) is 0 Å². The summed E-state index contributed by atoms with van der Waals surface area (Å²) >= 11 is 0. The number of halogens is 1. The molecular formula is C22H27FN8. The first-order valence-electron chi connectivity index (χ1n) is 10.8. The molecule has 1 saturated heterocycles. The minimum absolute atomic E-state index is 0.131. The largest absolute Gasteiger partial charge is 0.368 e. The Morgan fingerprint density at radius 3 is 2.58 bits per heavy atom. The van der Waals surface area contributed by atoms with Crippen molar-refractivity contribution in [1.29, 1.82) is 0 Å². The van der Waals surface area contributed by atoms with Gasteiger partial charge in [-0.25, -0.2) is 24.0 Å². The topological polar surface area (TPSA) is 83.8 Å². The van der Waals surface area contributed by atoms with Gasteiger partial charge in [0.1, 0.15) is 5.82 Å². The van der Waals surface area contributed by atoms with Crippen LogP contribution in [0.5, 0.6) is 0 Å². The molecule has 8 nitrogen and oxygen atoms in total. The van der Waals surface area contributed by atoms with Crippen molar-refractivity contribution in [3.8, 4) is 11.3 Å². The Morgan fingerprint density at radius 2 is 1.90 bits per heavy atom. The summed E-state index contributed by atoms with van der Waals surface area (Å²) in [6.45, 7) is 9.55. The molecule has 1 fully saturated rings. The Bertz CT molecular complexity index is 1080. The number of rotatable bonds is 5. The number of nitrogens with zero attached hydrogens (tertiary/aromatic N) is 6. The predicted molar refractivity (Wildman–Crippen MR) is 119 cm³/mol. The van der Waals surface area contributed by atoms with Gasteiger partial charge in [0.25, 0.3) is 0 Å². The number of nitrogens with one attached hydrogen (secondary N) is 2. The molecule has 2 aliphatic rings. The highest BCUT2D eigenvalue weighted by atomic mass is 19.1. The molecule has 1 aliphatic carbocycles. The van der Waals surface area contributed by atoms with Crippen LogP contribution in [0, 0.1) is 0 Å². The van der Waals surface area contributed by atoms with E-state index in [1.165, 1.54) is 11.6 Å². The fraction of sp³-hybridized carbons (Fsp3) is 0.455. The van der Waals surface area contributed by atoms with Crippen molar-refractivity contribution in [2.75, 3.05) is 36.4 Å². The summed E-state index contributed by atoms with van der Waals surface area (Å²) in [5, 5.41) is 11.1. The zero-order valence-corrected chi connectivity index (χ0v) is 18.1. The number of alkyl halides is 1. The van der Waals surface area contributed by atoms with Crippen molar-refractivity contribution in [2.24, 2.45) is 0 Å². The lowest BCUT2D eigenvalue weighted by Crippen LogP contribution is -2.43. The molecule has 0 radical (unpaired) electrons. The van der Waals surface area contributed by atoms with Gasteiger partial charge in [-0.15, -0.1) is 0 Å². The standard InChI is InChI=1S/C22H27FN8/c1-13(2)21-19-17(29-31(21)14(3)23)10-15-11-26-22(28-20(15)19)27-18-5-4-16(12-25-18)30-8-6-24-7-9-30/h4-5,11-14,24H,6-10H2,1-3H3,(H,25,26,27,28). The van der Waals surface area contributed by atoms with Crippen LogP contribution in [0.4, 0.5) is 21.8 Å². The maximum Gasteiger partial charge on any atom is 0.228 e. The summed E-state index contributed by atoms with van der Waals surface area (Å²) in [6, 6.07) is 4.01. The third-order valence-electron chi connectivity index (χ3n) is 5.83. The predicted octanol–water partition coefficient (Wildman–Crippen LogP) is 3.40. The monoisotopic (exact) mass is 422 g/mol. The van der Waals surface area contributed by atoms with Gasteiger partial charge in [0.05, 0.1) is 29.0 Å². The van der Waals surface area contributed by atoms with Crippen molar-refractivity contribution < 1.29 is 4.39 Å². The van der Waals surface area contributed by atoms with Crippen molar-refractivity contribution in [3.05, 3.63) is 41.5 Å². The smallest absolute Gasteiger partial charge is 0.228 e. The summed E-state index contributed by atoms with van der Waals surface area (Å²) in [6.07, 6.45) is 3.16. The molecule has 0 saturated carbocycles. The van der Waals surface area contributed by atoms with Gasteiger partial charge in [0.2, 0.25) is 5.95 Å². The highest BCUT2D eigenvalue weighted by molar-refractivity contribution is 5.75. The van der Waals surface area contributed by atoms with E-state index in [-0.39, 0.29) is 5.92 Å². The first kappa shape index (κ1) is 19.9. The van der Waals surface area contributed by atoms with E-state index in [0.29, 0.717) is 18.2 Å². The Hall–Kier alpha value is -3.07. The normalized spacial score (nSPS) is 16.4. The second-order valence-electron chi connectivity index (χ2n) is 8.39. The summed E-state index contributed by atoms with van der Waals surface area (Å²) < 4.78 is 15.6.